The quantitative estimate of drug-likeness (QED) is 0.739. The summed E-state index contributed by atoms with van der Waals surface area (Å²) in [7, 11) is 4.05. The van der Waals surface area contributed by atoms with E-state index in [0.717, 1.165) is 10.5 Å². The van der Waals surface area contributed by atoms with Gasteiger partial charge in [-0.3, -0.25) is 19.3 Å². The lowest BCUT2D eigenvalue weighted by Gasteiger charge is -2.25. The minimum Gasteiger partial charge on any atom is -0.348 e. The summed E-state index contributed by atoms with van der Waals surface area (Å²) in [4.78, 5) is 40.0. The van der Waals surface area contributed by atoms with Gasteiger partial charge in [0.05, 0.1) is 31.8 Å². The van der Waals surface area contributed by atoms with E-state index in [9.17, 15) is 14.4 Å². The highest BCUT2D eigenvalue weighted by Crippen LogP contribution is 2.24. The number of carbonyl (C=O) groups is 3. The third-order valence-corrected chi connectivity index (χ3v) is 4.97. The summed E-state index contributed by atoms with van der Waals surface area (Å²) in [6.07, 6.45) is 0. The average molecular weight is 366 g/mol. The smallest absolute Gasteiger partial charge is 0.262 e. The molecule has 0 bridgehead atoms. The third kappa shape index (κ3) is 3.61. The summed E-state index contributed by atoms with van der Waals surface area (Å²) in [6.45, 7) is 2.00. The second-order valence-electron chi connectivity index (χ2n) is 6.99. The Morgan fingerprint density at radius 1 is 0.963 bits per heavy atom. The molecule has 2 N–H and O–H groups in total. The van der Waals surface area contributed by atoms with Gasteiger partial charge in [0, 0.05) is 5.56 Å². The van der Waals surface area contributed by atoms with E-state index >= 15 is 0 Å². The molecule has 0 saturated carbocycles. The first-order valence-corrected chi connectivity index (χ1v) is 9.01. The number of hydrogen-bond donors (Lipinski definition) is 2. The largest absolute Gasteiger partial charge is 0.348 e. The Hall–Kier alpha value is -2.99. The predicted molar refractivity (Wildman–Crippen MR) is 101 cm³/mol. The van der Waals surface area contributed by atoms with E-state index in [2.05, 4.69) is 5.32 Å². The standard InChI is InChI=1S/C21H23N3O3/c1-14(24-20(26)16-11-7-8-12-17(16)21(24)27)19(25)22-13-18(23(2)3)15-9-5-4-6-10-15/h4-12,14,18H,13H2,1-3H3,(H,22,25)/p+1/t14-,18+/m0/s1. The van der Waals surface area contributed by atoms with Crippen molar-refractivity contribution < 1.29 is 19.3 Å². The maximum absolute atomic E-state index is 12.7. The molecule has 0 saturated heterocycles. The van der Waals surface area contributed by atoms with Crippen LogP contribution in [0.5, 0.6) is 0 Å². The van der Waals surface area contributed by atoms with Crippen LogP contribution in [0.4, 0.5) is 0 Å². The van der Waals surface area contributed by atoms with Crippen LogP contribution in [0, 0.1) is 0 Å². The van der Waals surface area contributed by atoms with E-state index in [1.54, 1.807) is 31.2 Å². The molecule has 0 fully saturated rings. The van der Waals surface area contributed by atoms with Gasteiger partial charge in [-0.25, -0.2) is 0 Å². The minimum atomic E-state index is -0.869. The van der Waals surface area contributed by atoms with Crippen molar-refractivity contribution in [2.24, 2.45) is 0 Å². The maximum atomic E-state index is 12.7. The molecule has 2 atom stereocenters. The van der Waals surface area contributed by atoms with E-state index in [4.69, 9.17) is 0 Å². The van der Waals surface area contributed by atoms with E-state index in [-0.39, 0.29) is 11.9 Å². The highest BCUT2D eigenvalue weighted by Gasteiger charge is 2.40. The van der Waals surface area contributed by atoms with Crippen molar-refractivity contribution in [2.75, 3.05) is 20.6 Å². The lowest BCUT2D eigenvalue weighted by Crippen LogP contribution is -3.07. The first-order chi connectivity index (χ1) is 12.9. The Kier molecular flexibility index (Phi) is 5.37. The molecule has 0 radical (unpaired) electrons. The number of quaternary nitrogens is 1. The first-order valence-electron chi connectivity index (χ1n) is 9.01. The second kappa shape index (κ2) is 7.72. The summed E-state index contributed by atoms with van der Waals surface area (Å²) in [5.41, 5.74) is 1.82. The van der Waals surface area contributed by atoms with Gasteiger partial charge < -0.3 is 10.2 Å². The highest BCUT2D eigenvalue weighted by atomic mass is 16.2. The lowest BCUT2D eigenvalue weighted by molar-refractivity contribution is -0.890. The Balaban J connectivity index is 1.69. The van der Waals surface area contributed by atoms with E-state index in [0.29, 0.717) is 17.7 Å². The molecule has 0 spiro atoms. The molecule has 27 heavy (non-hydrogen) atoms. The molecule has 6 heteroatoms. The van der Waals surface area contributed by atoms with Gasteiger partial charge in [0.25, 0.3) is 11.8 Å². The van der Waals surface area contributed by atoms with Crippen LogP contribution in [0.15, 0.2) is 54.6 Å². The van der Waals surface area contributed by atoms with Gasteiger partial charge in [-0.05, 0) is 19.1 Å². The second-order valence-corrected chi connectivity index (χ2v) is 6.99. The lowest BCUT2D eigenvalue weighted by atomic mass is 10.1. The van der Waals surface area contributed by atoms with Crippen molar-refractivity contribution in [3.63, 3.8) is 0 Å². The number of hydrogen-bond acceptors (Lipinski definition) is 3. The molecule has 1 heterocycles. The van der Waals surface area contributed by atoms with Gasteiger partial charge in [0.15, 0.2) is 0 Å². The van der Waals surface area contributed by atoms with E-state index in [1.165, 1.54) is 4.90 Å². The van der Waals surface area contributed by atoms with Gasteiger partial charge in [0.2, 0.25) is 5.91 Å². The van der Waals surface area contributed by atoms with Crippen molar-refractivity contribution in [1.82, 2.24) is 10.2 Å². The molecule has 2 aromatic rings. The van der Waals surface area contributed by atoms with Crippen molar-refractivity contribution >= 4 is 17.7 Å². The molecule has 3 amide bonds. The Morgan fingerprint density at radius 2 is 1.48 bits per heavy atom. The predicted octanol–water partition coefficient (Wildman–Crippen LogP) is 0.673. The number of amides is 3. The zero-order chi connectivity index (χ0) is 19.6. The van der Waals surface area contributed by atoms with Gasteiger partial charge in [-0.15, -0.1) is 0 Å². The van der Waals surface area contributed by atoms with Crippen LogP contribution in [0.1, 0.15) is 39.2 Å². The Morgan fingerprint density at radius 3 is 2.00 bits per heavy atom. The molecule has 0 aliphatic carbocycles. The van der Waals surface area contributed by atoms with Gasteiger partial charge in [-0.1, -0.05) is 42.5 Å². The number of nitrogens with one attached hydrogen (secondary N) is 2. The normalized spacial score (nSPS) is 15.6. The molecule has 1 aliphatic heterocycles. The molecule has 140 valence electrons. The number of rotatable bonds is 6. The molecular formula is C21H24N3O3+. The molecule has 0 unspecified atom stereocenters. The van der Waals surface area contributed by atoms with Crippen molar-refractivity contribution in [3.8, 4) is 0 Å². The summed E-state index contributed by atoms with van der Waals surface area (Å²) in [5.74, 6) is -1.18. The van der Waals surface area contributed by atoms with E-state index in [1.807, 2.05) is 44.4 Å². The zero-order valence-corrected chi connectivity index (χ0v) is 15.7. The third-order valence-electron chi connectivity index (χ3n) is 4.97. The number of imide groups is 1. The monoisotopic (exact) mass is 366 g/mol. The summed E-state index contributed by atoms with van der Waals surface area (Å²) in [6, 6.07) is 15.8. The molecular weight excluding hydrogens is 342 g/mol. The van der Waals surface area contributed by atoms with Crippen molar-refractivity contribution in [2.45, 2.75) is 19.0 Å². The molecule has 0 aromatic heterocycles. The topological polar surface area (TPSA) is 70.9 Å². The summed E-state index contributed by atoms with van der Waals surface area (Å²) in [5, 5.41) is 2.90. The highest BCUT2D eigenvalue weighted by molar-refractivity contribution is 6.22. The van der Waals surface area contributed by atoms with Gasteiger partial charge >= 0.3 is 0 Å². The Bertz CT molecular complexity index is 829. The van der Waals surface area contributed by atoms with Gasteiger partial charge in [-0.2, -0.15) is 0 Å². The fourth-order valence-corrected chi connectivity index (χ4v) is 3.37. The first kappa shape index (κ1) is 18.8. The van der Waals surface area contributed by atoms with Crippen molar-refractivity contribution in [3.05, 3.63) is 71.3 Å². The van der Waals surface area contributed by atoms with Crippen LogP contribution in [0.3, 0.4) is 0 Å². The van der Waals surface area contributed by atoms with Crippen LogP contribution < -0.4 is 10.2 Å². The van der Waals surface area contributed by atoms with Gasteiger partial charge in [0.1, 0.15) is 12.1 Å². The number of fused-ring (bicyclic) bond motifs is 1. The van der Waals surface area contributed by atoms with Crippen molar-refractivity contribution in [1.29, 1.82) is 0 Å². The van der Waals surface area contributed by atoms with Crippen LogP contribution in [-0.4, -0.2) is 49.3 Å². The number of likely N-dealkylation sites (N-methyl/N-ethyl adjacent to an activating group) is 1. The van der Waals surface area contributed by atoms with E-state index < -0.39 is 17.9 Å². The van der Waals surface area contributed by atoms with Crippen LogP contribution in [0.25, 0.3) is 0 Å². The summed E-state index contributed by atoms with van der Waals surface area (Å²) >= 11 is 0. The molecule has 2 aromatic carbocycles. The fraction of sp³-hybridized carbons (Fsp3) is 0.286. The zero-order valence-electron chi connectivity index (χ0n) is 15.7. The number of carbonyl (C=O) groups excluding carboxylic acids is 3. The maximum Gasteiger partial charge on any atom is 0.262 e. The minimum absolute atomic E-state index is 0.0736. The Labute approximate surface area is 158 Å². The van der Waals surface area contributed by atoms with Crippen LogP contribution >= 0.6 is 0 Å². The molecule has 6 nitrogen and oxygen atoms in total. The summed E-state index contributed by atoms with van der Waals surface area (Å²) < 4.78 is 0. The number of nitrogens with zero attached hydrogens (tertiary/aromatic N) is 1. The molecule has 1 aliphatic rings. The average Bonchev–Trinajstić information content (AvgIpc) is 2.93. The fourth-order valence-electron chi connectivity index (χ4n) is 3.37. The molecule has 3 rings (SSSR count). The SMILES string of the molecule is C[C@@H](C(=O)NC[C@H](c1ccccc1)[NH+](C)C)N1C(=O)c2ccccc2C1=O. The van der Waals surface area contributed by atoms with Crippen LogP contribution in [0.2, 0.25) is 0 Å². The number of benzene rings is 2. The van der Waals surface area contributed by atoms with Crippen LogP contribution in [-0.2, 0) is 4.79 Å².